The molecule has 43 heavy (non-hydrogen) atoms. The highest BCUT2D eigenvalue weighted by Gasteiger charge is 2.34. The molecule has 8 nitrogen and oxygen atoms in total. The maximum atomic E-state index is 14.0. The first-order valence-electron chi connectivity index (χ1n) is 14.1. The van der Waals surface area contributed by atoms with Crippen LogP contribution in [0.5, 0.6) is 17.2 Å². The Bertz CT molecular complexity index is 1820. The summed E-state index contributed by atoms with van der Waals surface area (Å²) in [6.07, 6.45) is 1.77. The molecule has 9 heteroatoms. The molecule has 1 aliphatic heterocycles. The summed E-state index contributed by atoms with van der Waals surface area (Å²) >= 11 is 1.27. The quantitative estimate of drug-likeness (QED) is 0.234. The molecule has 2 heterocycles. The van der Waals surface area contributed by atoms with Gasteiger partial charge in [0.05, 0.1) is 41.7 Å². The topological polar surface area (TPSA) is 88.4 Å². The van der Waals surface area contributed by atoms with Crippen LogP contribution in [0.15, 0.2) is 93.9 Å². The van der Waals surface area contributed by atoms with Gasteiger partial charge in [-0.3, -0.25) is 9.36 Å². The second-order valence-corrected chi connectivity index (χ2v) is 11.2. The van der Waals surface area contributed by atoms with E-state index in [1.54, 1.807) is 37.7 Å². The number of rotatable bonds is 10. The fourth-order valence-electron chi connectivity index (χ4n) is 4.87. The number of hydrogen-bond acceptors (Lipinski definition) is 8. The van der Waals surface area contributed by atoms with E-state index in [0.29, 0.717) is 44.3 Å². The summed E-state index contributed by atoms with van der Waals surface area (Å²) in [6.45, 7) is 8.04. The molecular weight excluding hydrogens is 564 g/mol. The maximum Gasteiger partial charge on any atom is 0.338 e. The lowest BCUT2D eigenvalue weighted by Crippen LogP contribution is -2.40. The zero-order valence-corrected chi connectivity index (χ0v) is 25.6. The third-order valence-electron chi connectivity index (χ3n) is 6.81. The number of methoxy groups -OCH3 is 1. The Balaban J connectivity index is 1.54. The molecule has 0 N–H and O–H groups in total. The predicted octanol–water partition coefficient (Wildman–Crippen LogP) is 5.17. The van der Waals surface area contributed by atoms with Crippen LogP contribution in [0.1, 0.15) is 50.4 Å². The monoisotopic (exact) mass is 598 g/mol. The first-order chi connectivity index (χ1) is 20.8. The summed E-state index contributed by atoms with van der Waals surface area (Å²) < 4.78 is 24.9. The molecule has 4 aromatic rings. The molecule has 0 saturated heterocycles. The molecule has 1 aliphatic rings. The fourth-order valence-corrected chi connectivity index (χ4v) is 5.91. The Morgan fingerprint density at radius 3 is 2.47 bits per heavy atom. The third-order valence-corrected chi connectivity index (χ3v) is 7.79. The van der Waals surface area contributed by atoms with E-state index in [-0.39, 0.29) is 18.3 Å². The minimum absolute atomic E-state index is 0.0563. The number of aromatic nitrogens is 1. The van der Waals surface area contributed by atoms with Gasteiger partial charge in [-0.2, -0.15) is 0 Å². The number of carbonyl (C=O) groups is 1. The molecule has 5 rings (SSSR count). The number of esters is 1. The number of thiazole rings is 1. The average molecular weight is 599 g/mol. The smallest absolute Gasteiger partial charge is 0.338 e. The van der Waals surface area contributed by atoms with Gasteiger partial charge in [-0.25, -0.2) is 9.79 Å². The van der Waals surface area contributed by atoms with E-state index in [4.69, 9.17) is 18.9 Å². The Hall–Kier alpha value is -4.63. The second-order valence-electron chi connectivity index (χ2n) is 10.2. The molecule has 3 aromatic carbocycles. The van der Waals surface area contributed by atoms with Gasteiger partial charge in [-0.15, -0.1) is 0 Å². The zero-order valence-electron chi connectivity index (χ0n) is 24.8. The van der Waals surface area contributed by atoms with Gasteiger partial charge in [-0.1, -0.05) is 59.9 Å². The Morgan fingerprint density at radius 1 is 1.05 bits per heavy atom. The van der Waals surface area contributed by atoms with Crippen molar-refractivity contribution < 1.29 is 23.7 Å². The normalized spacial score (nSPS) is 14.7. The van der Waals surface area contributed by atoms with E-state index in [1.807, 2.05) is 80.6 Å². The number of nitrogens with zero attached hydrogens (tertiary/aromatic N) is 2. The van der Waals surface area contributed by atoms with Crippen molar-refractivity contribution in [3.63, 3.8) is 0 Å². The number of allylic oxidation sites excluding steroid dienone is 1. The molecule has 0 amide bonds. The third kappa shape index (κ3) is 6.57. The highest BCUT2D eigenvalue weighted by molar-refractivity contribution is 7.07. The summed E-state index contributed by atoms with van der Waals surface area (Å²) in [6, 6.07) is 22.2. The maximum absolute atomic E-state index is 14.0. The molecule has 1 unspecified atom stereocenters. The first-order valence-corrected chi connectivity index (χ1v) is 14.9. The van der Waals surface area contributed by atoms with Crippen LogP contribution in [-0.4, -0.2) is 30.4 Å². The fraction of sp³-hybridized carbons (Fsp3) is 0.265. The van der Waals surface area contributed by atoms with E-state index in [0.717, 1.165) is 16.9 Å². The van der Waals surface area contributed by atoms with Crippen LogP contribution in [0.2, 0.25) is 0 Å². The van der Waals surface area contributed by atoms with Crippen molar-refractivity contribution in [1.29, 1.82) is 0 Å². The van der Waals surface area contributed by atoms with E-state index in [2.05, 4.69) is 4.99 Å². The zero-order chi connectivity index (χ0) is 30.5. The van der Waals surface area contributed by atoms with Crippen molar-refractivity contribution >= 4 is 23.4 Å². The van der Waals surface area contributed by atoms with Crippen molar-refractivity contribution in [2.75, 3.05) is 13.7 Å². The molecule has 0 fully saturated rings. The summed E-state index contributed by atoms with van der Waals surface area (Å²) in [5.74, 6) is 1.29. The van der Waals surface area contributed by atoms with Crippen LogP contribution in [0.4, 0.5) is 0 Å². The molecule has 0 spiro atoms. The Labute approximate surface area is 254 Å². The average Bonchev–Trinajstić information content (AvgIpc) is 3.30. The van der Waals surface area contributed by atoms with Crippen molar-refractivity contribution in [1.82, 2.24) is 4.57 Å². The molecule has 1 atom stereocenters. The van der Waals surface area contributed by atoms with Gasteiger partial charge >= 0.3 is 5.97 Å². The Morgan fingerprint density at radius 2 is 1.79 bits per heavy atom. The van der Waals surface area contributed by atoms with Crippen LogP contribution >= 0.6 is 11.3 Å². The van der Waals surface area contributed by atoms with E-state index in [1.165, 1.54) is 11.3 Å². The standard InChI is InChI=1S/C34H34N2O6S/c1-6-40-33(38)30-22(4)35-34-36(31(30)25-14-17-27(42-21(2)3)28(19-25)39-5)32(37)29(43-34)18-23-12-15-26(16-13-23)41-20-24-10-8-7-9-11-24/h7-19,21,31H,6,20H2,1-5H3. The molecule has 0 aliphatic carbocycles. The van der Waals surface area contributed by atoms with Crippen LogP contribution in [0.25, 0.3) is 6.08 Å². The molecule has 0 radical (unpaired) electrons. The summed E-state index contributed by atoms with van der Waals surface area (Å²) in [7, 11) is 1.56. The van der Waals surface area contributed by atoms with Gasteiger partial charge in [0.1, 0.15) is 12.4 Å². The highest BCUT2D eigenvalue weighted by atomic mass is 32.1. The lowest BCUT2D eigenvalue weighted by atomic mass is 9.95. The predicted molar refractivity (Wildman–Crippen MR) is 166 cm³/mol. The molecule has 0 bridgehead atoms. The van der Waals surface area contributed by atoms with E-state index in [9.17, 15) is 9.59 Å². The highest BCUT2D eigenvalue weighted by Crippen LogP contribution is 2.36. The van der Waals surface area contributed by atoms with E-state index < -0.39 is 12.0 Å². The molecule has 1 aromatic heterocycles. The Kier molecular flexibility index (Phi) is 9.11. The van der Waals surface area contributed by atoms with Gasteiger partial charge in [0, 0.05) is 0 Å². The number of fused-ring (bicyclic) bond motifs is 1. The summed E-state index contributed by atoms with van der Waals surface area (Å²) in [5, 5.41) is 0. The minimum atomic E-state index is -0.756. The number of hydrogen-bond donors (Lipinski definition) is 0. The lowest BCUT2D eigenvalue weighted by Gasteiger charge is -2.25. The molecule has 0 saturated carbocycles. The summed E-state index contributed by atoms with van der Waals surface area (Å²) in [4.78, 5) is 32.3. The van der Waals surface area contributed by atoms with E-state index >= 15 is 0 Å². The SMILES string of the molecule is CCOC(=O)C1=C(C)N=c2sc(=Cc3ccc(OCc4ccccc4)cc3)c(=O)n2C1c1ccc(OC(C)C)c(OC)c1. The first kappa shape index (κ1) is 29.8. The van der Waals surface area contributed by atoms with Gasteiger partial charge < -0.3 is 18.9 Å². The number of benzene rings is 3. The van der Waals surface area contributed by atoms with Crippen molar-refractivity contribution in [2.45, 2.75) is 46.4 Å². The van der Waals surface area contributed by atoms with Gasteiger partial charge in [0.2, 0.25) is 0 Å². The van der Waals surface area contributed by atoms with Crippen molar-refractivity contribution in [2.24, 2.45) is 4.99 Å². The second kappa shape index (κ2) is 13.1. The number of ether oxygens (including phenoxy) is 4. The van der Waals surface area contributed by atoms with Crippen LogP contribution in [0, 0.1) is 0 Å². The van der Waals surface area contributed by atoms with Crippen LogP contribution < -0.4 is 29.1 Å². The van der Waals surface area contributed by atoms with Crippen molar-refractivity contribution in [3.05, 3.63) is 120 Å². The summed E-state index contributed by atoms with van der Waals surface area (Å²) in [5.41, 5.74) is 3.15. The minimum Gasteiger partial charge on any atom is -0.493 e. The molecular formula is C34H34N2O6S. The lowest BCUT2D eigenvalue weighted by molar-refractivity contribution is -0.139. The van der Waals surface area contributed by atoms with Gasteiger partial charge in [0.25, 0.3) is 5.56 Å². The largest absolute Gasteiger partial charge is 0.493 e. The molecule has 222 valence electrons. The van der Waals surface area contributed by atoms with Crippen LogP contribution in [-0.2, 0) is 16.1 Å². The number of carbonyl (C=O) groups excluding carboxylic acids is 1. The van der Waals surface area contributed by atoms with Gasteiger partial charge in [0.15, 0.2) is 16.3 Å². The van der Waals surface area contributed by atoms with Crippen molar-refractivity contribution in [3.8, 4) is 17.2 Å². The van der Waals surface area contributed by atoms with Crippen LogP contribution in [0.3, 0.4) is 0 Å². The van der Waals surface area contributed by atoms with Gasteiger partial charge in [-0.05, 0) is 74.7 Å².